The Bertz CT molecular complexity index is 1330. The molecule has 0 aliphatic carbocycles. The van der Waals surface area contributed by atoms with Crippen LogP contribution in [0.15, 0.2) is 76.1 Å². The number of fused-ring (bicyclic) bond motifs is 1. The van der Waals surface area contributed by atoms with Crippen molar-refractivity contribution >= 4 is 16.9 Å². The third-order valence-corrected chi connectivity index (χ3v) is 4.79. The molecule has 0 saturated carbocycles. The highest BCUT2D eigenvalue weighted by Gasteiger charge is 2.13. The van der Waals surface area contributed by atoms with Crippen molar-refractivity contribution in [3.63, 3.8) is 0 Å². The zero-order valence-corrected chi connectivity index (χ0v) is 18.4. The summed E-state index contributed by atoms with van der Waals surface area (Å²) < 4.78 is 27.1. The summed E-state index contributed by atoms with van der Waals surface area (Å²) in [5.41, 5.74) is 2.00. The van der Waals surface area contributed by atoms with Gasteiger partial charge in [0, 0.05) is 6.07 Å². The van der Waals surface area contributed by atoms with Gasteiger partial charge in [0.15, 0.2) is 6.61 Å². The minimum atomic E-state index is -0.574. The molecule has 0 bridgehead atoms. The fourth-order valence-electron chi connectivity index (χ4n) is 3.32. The third kappa shape index (κ3) is 5.33. The molecule has 0 atom stereocenters. The predicted octanol–water partition coefficient (Wildman–Crippen LogP) is 5.20. The summed E-state index contributed by atoms with van der Waals surface area (Å²) in [7, 11) is 1.57. The molecule has 33 heavy (non-hydrogen) atoms. The summed E-state index contributed by atoms with van der Waals surface area (Å²) in [5.74, 6) is 1.45. The van der Waals surface area contributed by atoms with Crippen LogP contribution < -0.4 is 24.4 Å². The molecule has 3 aromatic carbocycles. The minimum Gasteiger partial charge on any atom is -0.497 e. The maximum atomic E-state index is 12.8. The molecular weight excluding hydrogens is 424 g/mol. The van der Waals surface area contributed by atoms with E-state index in [0.717, 1.165) is 11.1 Å². The number of hydrogen-bond donors (Lipinski definition) is 0. The van der Waals surface area contributed by atoms with Crippen LogP contribution in [0.4, 0.5) is 0 Å². The number of aryl methyl sites for hydroxylation is 2. The van der Waals surface area contributed by atoms with E-state index in [2.05, 4.69) is 0 Å². The average Bonchev–Trinajstić information content (AvgIpc) is 2.79. The summed E-state index contributed by atoms with van der Waals surface area (Å²) in [6.07, 6.45) is 1.23. The molecule has 4 rings (SSSR count). The molecule has 0 fully saturated rings. The number of rotatable bonds is 7. The zero-order chi connectivity index (χ0) is 23.4. The maximum absolute atomic E-state index is 12.8. The van der Waals surface area contributed by atoms with Crippen molar-refractivity contribution in [2.45, 2.75) is 13.8 Å². The Kier molecular flexibility index (Phi) is 6.31. The van der Waals surface area contributed by atoms with E-state index in [0.29, 0.717) is 22.6 Å². The SMILES string of the molecule is COc1ccc(Oc2coc3cc(OC(=O)COc4cc(C)cc(C)c4)ccc3c2=O)cc1. The number of ether oxygens (including phenoxy) is 4. The molecule has 0 aliphatic heterocycles. The van der Waals surface area contributed by atoms with Gasteiger partial charge in [-0.05, 0) is 73.5 Å². The molecule has 0 amide bonds. The van der Waals surface area contributed by atoms with Crippen LogP contribution in [0, 0.1) is 13.8 Å². The fraction of sp³-hybridized carbons (Fsp3) is 0.154. The van der Waals surface area contributed by atoms with Gasteiger partial charge in [0.25, 0.3) is 0 Å². The highest BCUT2D eigenvalue weighted by atomic mass is 16.6. The van der Waals surface area contributed by atoms with Crippen LogP contribution in [-0.2, 0) is 4.79 Å². The lowest BCUT2D eigenvalue weighted by Gasteiger charge is -2.09. The molecule has 0 saturated heterocycles. The summed E-state index contributed by atoms with van der Waals surface area (Å²) in [5, 5.41) is 0.298. The number of carbonyl (C=O) groups is 1. The minimum absolute atomic E-state index is 0.0410. The molecule has 168 valence electrons. The van der Waals surface area contributed by atoms with E-state index in [1.54, 1.807) is 31.4 Å². The summed E-state index contributed by atoms with van der Waals surface area (Å²) in [6, 6.07) is 17.0. The lowest BCUT2D eigenvalue weighted by atomic mass is 10.1. The molecule has 1 heterocycles. The first-order chi connectivity index (χ1) is 15.9. The van der Waals surface area contributed by atoms with E-state index in [1.807, 2.05) is 32.0 Å². The molecule has 0 aliphatic rings. The molecule has 1 aromatic heterocycles. The van der Waals surface area contributed by atoms with Gasteiger partial charge in [-0.2, -0.15) is 0 Å². The maximum Gasteiger partial charge on any atom is 0.349 e. The predicted molar refractivity (Wildman–Crippen MR) is 123 cm³/mol. The number of carbonyl (C=O) groups excluding carboxylic acids is 1. The Morgan fingerprint density at radius 3 is 2.21 bits per heavy atom. The molecule has 7 nitrogen and oxygen atoms in total. The second-order valence-corrected chi connectivity index (χ2v) is 7.45. The van der Waals surface area contributed by atoms with Gasteiger partial charge in [0.2, 0.25) is 11.2 Å². The van der Waals surface area contributed by atoms with Crippen molar-refractivity contribution in [1.82, 2.24) is 0 Å². The van der Waals surface area contributed by atoms with Gasteiger partial charge >= 0.3 is 5.97 Å². The second kappa shape index (κ2) is 9.48. The molecule has 7 heteroatoms. The number of methoxy groups -OCH3 is 1. The Labute approximate surface area is 190 Å². The second-order valence-electron chi connectivity index (χ2n) is 7.45. The highest BCUT2D eigenvalue weighted by Crippen LogP contribution is 2.25. The Morgan fingerprint density at radius 1 is 0.848 bits per heavy atom. The lowest BCUT2D eigenvalue weighted by Crippen LogP contribution is -2.17. The van der Waals surface area contributed by atoms with Crippen LogP contribution in [0.1, 0.15) is 11.1 Å². The first-order valence-corrected chi connectivity index (χ1v) is 10.2. The summed E-state index contributed by atoms with van der Waals surface area (Å²) in [4.78, 5) is 25.0. The van der Waals surface area contributed by atoms with Crippen molar-refractivity contribution < 1.29 is 28.2 Å². The van der Waals surface area contributed by atoms with E-state index >= 15 is 0 Å². The normalized spacial score (nSPS) is 10.6. The Balaban J connectivity index is 1.44. The van der Waals surface area contributed by atoms with Gasteiger partial charge in [-0.3, -0.25) is 4.79 Å². The van der Waals surface area contributed by atoms with E-state index in [1.165, 1.54) is 24.5 Å². The van der Waals surface area contributed by atoms with Crippen molar-refractivity contribution in [3.8, 4) is 28.7 Å². The van der Waals surface area contributed by atoms with Gasteiger partial charge in [0.1, 0.15) is 34.8 Å². The molecule has 0 spiro atoms. The number of hydrogen-bond acceptors (Lipinski definition) is 7. The molecular formula is C26H22O7. The quantitative estimate of drug-likeness (QED) is 0.285. The topological polar surface area (TPSA) is 84.2 Å². The van der Waals surface area contributed by atoms with Gasteiger partial charge in [-0.1, -0.05) is 6.07 Å². The van der Waals surface area contributed by atoms with Crippen LogP contribution in [0.3, 0.4) is 0 Å². The van der Waals surface area contributed by atoms with Crippen LogP contribution in [0.5, 0.6) is 28.7 Å². The van der Waals surface area contributed by atoms with Crippen molar-refractivity contribution in [3.05, 3.63) is 88.3 Å². The lowest BCUT2D eigenvalue weighted by molar-refractivity contribution is -0.136. The van der Waals surface area contributed by atoms with Crippen LogP contribution >= 0.6 is 0 Å². The molecule has 0 unspecified atom stereocenters. The van der Waals surface area contributed by atoms with E-state index < -0.39 is 5.97 Å². The van der Waals surface area contributed by atoms with E-state index in [-0.39, 0.29) is 29.1 Å². The van der Waals surface area contributed by atoms with Gasteiger partial charge in [-0.15, -0.1) is 0 Å². The molecule has 4 aromatic rings. The largest absolute Gasteiger partial charge is 0.497 e. The van der Waals surface area contributed by atoms with Crippen molar-refractivity contribution in [2.75, 3.05) is 13.7 Å². The summed E-state index contributed by atoms with van der Waals surface area (Å²) in [6.45, 7) is 3.66. The smallest absolute Gasteiger partial charge is 0.349 e. The van der Waals surface area contributed by atoms with Gasteiger partial charge in [-0.25, -0.2) is 4.79 Å². The first-order valence-electron chi connectivity index (χ1n) is 10.2. The van der Waals surface area contributed by atoms with Crippen LogP contribution in [0.2, 0.25) is 0 Å². The third-order valence-electron chi connectivity index (χ3n) is 4.79. The van der Waals surface area contributed by atoms with Crippen LogP contribution in [0.25, 0.3) is 11.0 Å². The van der Waals surface area contributed by atoms with E-state index in [9.17, 15) is 9.59 Å². The standard InChI is InChI=1S/C26H22O7/c1-16-10-17(2)12-21(11-16)30-15-25(27)33-20-8-9-22-23(13-20)31-14-24(26(22)28)32-19-6-4-18(29-3)5-7-19/h4-14H,15H2,1-3H3. The average molecular weight is 446 g/mol. The highest BCUT2D eigenvalue weighted by molar-refractivity contribution is 5.81. The van der Waals surface area contributed by atoms with Crippen molar-refractivity contribution in [1.29, 1.82) is 0 Å². The van der Waals surface area contributed by atoms with Gasteiger partial charge < -0.3 is 23.4 Å². The Hall–Kier alpha value is -4.26. The van der Waals surface area contributed by atoms with Gasteiger partial charge in [0.05, 0.1) is 12.5 Å². The number of esters is 1. The molecule has 0 N–H and O–H groups in total. The van der Waals surface area contributed by atoms with Crippen molar-refractivity contribution in [2.24, 2.45) is 0 Å². The molecule has 0 radical (unpaired) electrons. The monoisotopic (exact) mass is 446 g/mol. The fourth-order valence-corrected chi connectivity index (χ4v) is 3.32. The Morgan fingerprint density at radius 2 is 1.52 bits per heavy atom. The summed E-state index contributed by atoms with van der Waals surface area (Å²) >= 11 is 0. The zero-order valence-electron chi connectivity index (χ0n) is 18.4. The first kappa shape index (κ1) is 22.0. The number of benzene rings is 3. The van der Waals surface area contributed by atoms with Crippen LogP contribution in [-0.4, -0.2) is 19.7 Å². The van der Waals surface area contributed by atoms with E-state index in [4.69, 9.17) is 23.4 Å².